The molecular weight excluding hydrogens is 393 g/mol. The molecule has 1 aliphatic heterocycles. The molecular formula is C25H30FN3O2. The molecule has 1 amide bonds. The van der Waals surface area contributed by atoms with Crippen molar-refractivity contribution in [3.05, 3.63) is 64.5 Å². The molecule has 0 bridgehead atoms. The summed E-state index contributed by atoms with van der Waals surface area (Å²) in [5.74, 6) is 0.833. The molecule has 6 heteroatoms. The van der Waals surface area contributed by atoms with E-state index >= 15 is 4.39 Å². The molecule has 2 aromatic rings. The number of amides is 1. The first-order valence-electron chi connectivity index (χ1n) is 10.7. The molecule has 31 heavy (non-hydrogen) atoms. The number of hydrogen-bond donors (Lipinski definition) is 1. The molecule has 0 fully saturated rings. The first-order valence-corrected chi connectivity index (χ1v) is 10.7. The van der Waals surface area contributed by atoms with E-state index in [0.29, 0.717) is 11.5 Å². The Morgan fingerprint density at radius 1 is 1.26 bits per heavy atom. The summed E-state index contributed by atoms with van der Waals surface area (Å²) in [6.45, 7) is 5.39. The van der Waals surface area contributed by atoms with Crippen molar-refractivity contribution in [3.63, 3.8) is 0 Å². The van der Waals surface area contributed by atoms with Crippen LogP contribution >= 0.6 is 0 Å². The van der Waals surface area contributed by atoms with E-state index in [1.165, 1.54) is 22.1 Å². The molecule has 5 nitrogen and oxygen atoms in total. The number of hydrogen-bond acceptors (Lipinski definition) is 4. The van der Waals surface area contributed by atoms with Crippen molar-refractivity contribution in [1.29, 1.82) is 0 Å². The van der Waals surface area contributed by atoms with Crippen molar-refractivity contribution in [2.75, 3.05) is 14.2 Å². The second kappa shape index (κ2) is 7.36. The lowest BCUT2D eigenvalue weighted by molar-refractivity contribution is -0.140. The van der Waals surface area contributed by atoms with E-state index in [1.54, 1.807) is 34.9 Å². The maximum Gasteiger partial charge on any atom is 0.237 e. The number of fused-ring (bicyclic) bond motifs is 1. The van der Waals surface area contributed by atoms with Gasteiger partial charge < -0.3 is 10.5 Å². The summed E-state index contributed by atoms with van der Waals surface area (Å²) in [4.78, 5) is 18.9. The quantitative estimate of drug-likeness (QED) is 0.804. The average molecular weight is 424 g/mol. The summed E-state index contributed by atoms with van der Waals surface area (Å²) in [5.41, 5.74) is 7.97. The van der Waals surface area contributed by atoms with Gasteiger partial charge in [0.25, 0.3) is 0 Å². The minimum atomic E-state index is -1.10. The van der Waals surface area contributed by atoms with Crippen molar-refractivity contribution in [2.45, 2.75) is 51.5 Å². The zero-order valence-electron chi connectivity index (χ0n) is 18.8. The van der Waals surface area contributed by atoms with Crippen LogP contribution in [0.3, 0.4) is 0 Å². The minimum absolute atomic E-state index is 0.105. The molecule has 2 aliphatic rings. The van der Waals surface area contributed by atoms with Crippen LogP contribution in [0.4, 0.5) is 4.39 Å². The van der Waals surface area contributed by atoms with Crippen LogP contribution in [0.5, 0.6) is 5.75 Å². The van der Waals surface area contributed by atoms with Gasteiger partial charge in [-0.15, -0.1) is 0 Å². The van der Waals surface area contributed by atoms with Gasteiger partial charge in [-0.05, 0) is 74.8 Å². The summed E-state index contributed by atoms with van der Waals surface area (Å²) in [7, 11) is 3.30. The normalized spacial score (nSPS) is 24.7. The van der Waals surface area contributed by atoms with Gasteiger partial charge in [0.15, 0.2) is 5.96 Å². The molecule has 2 aromatic carbocycles. The van der Waals surface area contributed by atoms with Gasteiger partial charge in [-0.3, -0.25) is 9.69 Å². The number of methoxy groups -OCH3 is 1. The van der Waals surface area contributed by atoms with E-state index in [0.717, 1.165) is 30.6 Å². The lowest BCUT2D eigenvalue weighted by Gasteiger charge is -2.46. The van der Waals surface area contributed by atoms with E-state index in [2.05, 4.69) is 11.1 Å². The number of guanidine groups is 1. The summed E-state index contributed by atoms with van der Waals surface area (Å²) in [6, 6.07) is 11.4. The Bertz CT molecular complexity index is 1080. The minimum Gasteiger partial charge on any atom is -0.496 e. The third-order valence-corrected chi connectivity index (χ3v) is 7.35. The fourth-order valence-corrected chi connectivity index (χ4v) is 5.04. The Labute approximate surface area is 183 Å². The number of benzene rings is 2. The summed E-state index contributed by atoms with van der Waals surface area (Å²) >= 11 is 0. The van der Waals surface area contributed by atoms with Gasteiger partial charge in [-0.25, -0.2) is 9.38 Å². The Hall–Kier alpha value is -2.89. The Balaban J connectivity index is 1.72. The molecule has 0 radical (unpaired) electrons. The zero-order valence-corrected chi connectivity index (χ0v) is 18.8. The van der Waals surface area contributed by atoms with Crippen LogP contribution in [0.2, 0.25) is 0 Å². The molecule has 1 aliphatic carbocycles. The molecule has 0 saturated carbocycles. The average Bonchev–Trinajstić information content (AvgIpc) is 3.15. The summed E-state index contributed by atoms with van der Waals surface area (Å²) < 4.78 is 20.6. The number of carbonyl (C=O) groups excluding carboxylic acids is 1. The monoisotopic (exact) mass is 423 g/mol. The van der Waals surface area contributed by atoms with Crippen molar-refractivity contribution in [1.82, 2.24) is 4.90 Å². The van der Waals surface area contributed by atoms with Gasteiger partial charge in [0.05, 0.1) is 12.5 Å². The molecule has 0 spiro atoms. The first-order chi connectivity index (χ1) is 14.6. The molecule has 2 atom stereocenters. The van der Waals surface area contributed by atoms with Gasteiger partial charge in [-0.1, -0.05) is 24.3 Å². The van der Waals surface area contributed by atoms with Gasteiger partial charge in [0.2, 0.25) is 5.91 Å². The Morgan fingerprint density at radius 3 is 2.71 bits per heavy atom. The van der Waals surface area contributed by atoms with E-state index < -0.39 is 11.0 Å². The third kappa shape index (κ3) is 3.20. The number of ether oxygens (including phenoxy) is 1. The topological polar surface area (TPSA) is 67.9 Å². The number of aliphatic imine (C=N–C) groups is 1. The van der Waals surface area contributed by atoms with Crippen LogP contribution in [-0.2, 0) is 23.2 Å². The largest absolute Gasteiger partial charge is 0.496 e. The molecule has 1 heterocycles. The van der Waals surface area contributed by atoms with Gasteiger partial charge >= 0.3 is 0 Å². The van der Waals surface area contributed by atoms with E-state index in [4.69, 9.17) is 10.5 Å². The highest BCUT2D eigenvalue weighted by atomic mass is 19.1. The zero-order chi connectivity index (χ0) is 22.6. The molecule has 0 saturated heterocycles. The van der Waals surface area contributed by atoms with Crippen LogP contribution in [0.15, 0.2) is 41.4 Å². The number of carbonyl (C=O) groups is 1. The van der Waals surface area contributed by atoms with Crippen molar-refractivity contribution >= 4 is 11.9 Å². The fraction of sp³-hybridized carbons (Fsp3) is 0.440. The third-order valence-electron chi connectivity index (χ3n) is 7.35. The lowest BCUT2D eigenvalue weighted by atomic mass is 9.67. The van der Waals surface area contributed by atoms with E-state index in [1.807, 2.05) is 24.3 Å². The number of rotatable bonds is 4. The van der Waals surface area contributed by atoms with Crippen molar-refractivity contribution in [3.8, 4) is 5.75 Å². The molecule has 0 aromatic heterocycles. The number of halogens is 1. The van der Waals surface area contributed by atoms with Crippen LogP contribution in [0.1, 0.15) is 55.4 Å². The second-order valence-electron chi connectivity index (χ2n) is 9.31. The standard InChI is InChI=1S/C25H30FN3O2/c1-24(2)22(30)29(4)23(27)28-25(24,3)19-14-15(9-12-20(19)26)13-16-10-11-18-17(16)7-6-8-21(18)31-5/h6-9,12,14,16H,10-11,13H2,1-5H3,(H2,27,28)/t16?,25-/m1/s1. The SMILES string of the molecule is COc1cccc2c1CCC2Cc1ccc(F)c([C@@]2(C)N=C(N)N(C)C(=O)C2(C)C)c1. The van der Waals surface area contributed by atoms with Crippen LogP contribution in [-0.4, -0.2) is 30.9 Å². The maximum atomic E-state index is 15.1. The summed E-state index contributed by atoms with van der Waals surface area (Å²) in [5, 5.41) is 0. The lowest BCUT2D eigenvalue weighted by Crippen LogP contribution is -2.58. The predicted octanol–water partition coefficient (Wildman–Crippen LogP) is 4.13. The van der Waals surface area contributed by atoms with E-state index in [9.17, 15) is 4.79 Å². The highest BCUT2D eigenvalue weighted by Gasteiger charge is 2.53. The number of nitrogens with two attached hydrogens (primary N) is 1. The maximum absolute atomic E-state index is 15.1. The molecule has 4 rings (SSSR count). The smallest absolute Gasteiger partial charge is 0.237 e. The van der Waals surface area contributed by atoms with Crippen molar-refractivity contribution < 1.29 is 13.9 Å². The highest BCUT2D eigenvalue weighted by molar-refractivity contribution is 6.01. The van der Waals surface area contributed by atoms with Crippen LogP contribution in [0.25, 0.3) is 0 Å². The van der Waals surface area contributed by atoms with Gasteiger partial charge in [-0.2, -0.15) is 0 Å². The molecule has 2 N–H and O–H groups in total. The second-order valence-corrected chi connectivity index (χ2v) is 9.31. The van der Waals surface area contributed by atoms with E-state index in [-0.39, 0.29) is 17.7 Å². The van der Waals surface area contributed by atoms with Crippen LogP contribution < -0.4 is 10.5 Å². The first kappa shape index (κ1) is 21.3. The van der Waals surface area contributed by atoms with Gasteiger partial charge in [0.1, 0.15) is 17.1 Å². The predicted molar refractivity (Wildman–Crippen MR) is 120 cm³/mol. The Morgan fingerprint density at radius 2 is 2.00 bits per heavy atom. The number of nitrogens with zero attached hydrogens (tertiary/aromatic N) is 2. The van der Waals surface area contributed by atoms with Crippen LogP contribution in [0, 0.1) is 11.2 Å². The fourth-order valence-electron chi connectivity index (χ4n) is 5.04. The highest BCUT2D eigenvalue weighted by Crippen LogP contribution is 2.48. The van der Waals surface area contributed by atoms with Gasteiger partial charge in [0, 0.05) is 12.6 Å². The summed E-state index contributed by atoms with van der Waals surface area (Å²) in [6.07, 6.45) is 2.79. The van der Waals surface area contributed by atoms with Crippen molar-refractivity contribution in [2.24, 2.45) is 16.1 Å². The Kier molecular flexibility index (Phi) is 5.07. The molecule has 1 unspecified atom stereocenters. The molecule has 164 valence electrons.